The van der Waals surface area contributed by atoms with Crippen LogP contribution >= 0.6 is 0 Å². The molecule has 31 heavy (non-hydrogen) atoms. The van der Waals surface area contributed by atoms with Gasteiger partial charge in [-0.05, 0) is 42.8 Å². The van der Waals surface area contributed by atoms with Crippen molar-refractivity contribution >= 4 is 17.6 Å². The van der Waals surface area contributed by atoms with Gasteiger partial charge in [-0.3, -0.25) is 4.90 Å². The highest BCUT2D eigenvalue weighted by molar-refractivity contribution is 5.92. The van der Waals surface area contributed by atoms with Crippen LogP contribution in [-0.4, -0.2) is 20.6 Å². The number of anilines is 2. The average Bonchev–Trinajstić information content (AvgIpc) is 3.21. The van der Waals surface area contributed by atoms with Crippen LogP contribution < -0.4 is 4.90 Å². The SMILES string of the molecule is CC1=C(C(=O)O)[C@@H](c2ccc(C#N)cc2)n2ccnc2N1c1cccc(C(F)(F)F)c1. The number of allylic oxidation sites excluding steroid dienone is 1. The van der Waals surface area contributed by atoms with E-state index in [4.69, 9.17) is 5.26 Å². The fraction of sp³-hybridized carbons (Fsp3) is 0.136. The number of nitriles is 1. The molecule has 0 radical (unpaired) electrons. The number of halogens is 3. The molecule has 0 saturated heterocycles. The normalized spacial score (nSPS) is 16.1. The minimum Gasteiger partial charge on any atom is -0.478 e. The first-order chi connectivity index (χ1) is 14.7. The highest BCUT2D eigenvalue weighted by Crippen LogP contribution is 2.43. The fourth-order valence-corrected chi connectivity index (χ4v) is 3.76. The van der Waals surface area contributed by atoms with Gasteiger partial charge in [0, 0.05) is 23.8 Å². The molecule has 0 spiro atoms. The predicted molar refractivity (Wildman–Crippen MR) is 105 cm³/mol. The largest absolute Gasteiger partial charge is 0.478 e. The molecule has 0 bridgehead atoms. The van der Waals surface area contributed by atoms with Crippen molar-refractivity contribution in [2.24, 2.45) is 0 Å². The Kier molecular flexibility index (Phi) is 4.78. The zero-order valence-electron chi connectivity index (χ0n) is 16.1. The van der Waals surface area contributed by atoms with Crippen LogP contribution in [0.1, 0.15) is 29.7 Å². The third-order valence-electron chi connectivity index (χ3n) is 5.14. The summed E-state index contributed by atoms with van der Waals surface area (Å²) in [6, 6.07) is 12.4. The maximum Gasteiger partial charge on any atom is 0.416 e. The summed E-state index contributed by atoms with van der Waals surface area (Å²) in [6.45, 7) is 1.54. The van der Waals surface area contributed by atoms with Gasteiger partial charge in [0.15, 0.2) is 0 Å². The van der Waals surface area contributed by atoms with Gasteiger partial charge in [-0.1, -0.05) is 18.2 Å². The molecule has 9 heteroatoms. The van der Waals surface area contributed by atoms with Crippen LogP contribution in [0.5, 0.6) is 0 Å². The number of fused-ring (bicyclic) bond motifs is 1. The lowest BCUT2D eigenvalue weighted by Crippen LogP contribution is -2.33. The van der Waals surface area contributed by atoms with E-state index in [-0.39, 0.29) is 22.9 Å². The first kappa shape index (κ1) is 20.2. The van der Waals surface area contributed by atoms with E-state index in [2.05, 4.69) is 4.98 Å². The summed E-state index contributed by atoms with van der Waals surface area (Å²) in [5.74, 6) is -0.917. The molecule has 1 N–H and O–H groups in total. The smallest absolute Gasteiger partial charge is 0.416 e. The Labute approximate surface area is 175 Å². The molecule has 2 heterocycles. The summed E-state index contributed by atoms with van der Waals surface area (Å²) in [4.78, 5) is 17.9. The van der Waals surface area contributed by atoms with Crippen LogP contribution in [0.2, 0.25) is 0 Å². The number of alkyl halides is 3. The summed E-state index contributed by atoms with van der Waals surface area (Å²) < 4.78 is 41.3. The molecule has 4 rings (SSSR count). The molecule has 0 saturated carbocycles. The molecular weight excluding hydrogens is 409 g/mol. The van der Waals surface area contributed by atoms with E-state index in [1.54, 1.807) is 42.0 Å². The van der Waals surface area contributed by atoms with E-state index in [9.17, 15) is 23.1 Å². The van der Waals surface area contributed by atoms with E-state index in [0.29, 0.717) is 11.1 Å². The highest BCUT2D eigenvalue weighted by atomic mass is 19.4. The molecule has 2 aromatic carbocycles. The molecule has 0 aliphatic carbocycles. The monoisotopic (exact) mass is 424 g/mol. The summed E-state index contributed by atoms with van der Waals surface area (Å²) in [5, 5.41) is 19.0. The van der Waals surface area contributed by atoms with Gasteiger partial charge < -0.3 is 9.67 Å². The molecule has 1 atom stereocenters. The first-order valence-corrected chi connectivity index (χ1v) is 9.16. The summed E-state index contributed by atoms with van der Waals surface area (Å²) >= 11 is 0. The van der Waals surface area contributed by atoms with Crippen LogP contribution in [0.4, 0.5) is 24.8 Å². The fourth-order valence-electron chi connectivity index (χ4n) is 3.76. The lowest BCUT2D eigenvalue weighted by atomic mass is 9.94. The summed E-state index contributed by atoms with van der Waals surface area (Å²) in [7, 11) is 0. The van der Waals surface area contributed by atoms with Crippen molar-refractivity contribution in [3.8, 4) is 6.07 Å². The van der Waals surface area contributed by atoms with E-state index in [1.165, 1.54) is 23.2 Å². The van der Waals surface area contributed by atoms with Crippen LogP contribution in [0.15, 0.2) is 72.2 Å². The zero-order valence-corrected chi connectivity index (χ0v) is 16.1. The quantitative estimate of drug-likeness (QED) is 0.649. The van der Waals surface area contributed by atoms with Crippen molar-refractivity contribution in [1.29, 1.82) is 5.26 Å². The Balaban J connectivity index is 1.92. The second-order valence-electron chi connectivity index (χ2n) is 6.96. The van der Waals surface area contributed by atoms with Gasteiger partial charge in [-0.25, -0.2) is 9.78 Å². The number of nitrogens with zero attached hydrogens (tertiary/aromatic N) is 4. The number of carbonyl (C=O) groups is 1. The van der Waals surface area contributed by atoms with Crippen molar-refractivity contribution in [2.75, 3.05) is 4.90 Å². The predicted octanol–water partition coefficient (Wildman–Crippen LogP) is 4.87. The molecule has 3 aromatic rings. The number of benzene rings is 2. The van der Waals surface area contributed by atoms with Crippen molar-refractivity contribution in [3.05, 3.63) is 88.9 Å². The van der Waals surface area contributed by atoms with Gasteiger partial charge in [-0.15, -0.1) is 0 Å². The van der Waals surface area contributed by atoms with Crippen LogP contribution in [0, 0.1) is 11.3 Å². The second-order valence-corrected chi connectivity index (χ2v) is 6.96. The van der Waals surface area contributed by atoms with E-state index >= 15 is 0 Å². The average molecular weight is 424 g/mol. The van der Waals surface area contributed by atoms with Crippen LogP contribution in [0.3, 0.4) is 0 Å². The van der Waals surface area contributed by atoms with Crippen molar-refractivity contribution < 1.29 is 23.1 Å². The third kappa shape index (κ3) is 3.42. The first-order valence-electron chi connectivity index (χ1n) is 9.16. The molecule has 0 amide bonds. The minimum absolute atomic E-state index is 0.00683. The van der Waals surface area contributed by atoms with Crippen molar-refractivity contribution in [2.45, 2.75) is 19.1 Å². The molecule has 1 aliphatic heterocycles. The number of carboxylic acids is 1. The highest BCUT2D eigenvalue weighted by Gasteiger charge is 2.37. The number of hydrogen-bond acceptors (Lipinski definition) is 4. The molecule has 0 fully saturated rings. The number of rotatable bonds is 3. The number of aromatic nitrogens is 2. The Morgan fingerprint density at radius 3 is 2.52 bits per heavy atom. The van der Waals surface area contributed by atoms with Crippen molar-refractivity contribution in [1.82, 2.24) is 9.55 Å². The minimum atomic E-state index is -4.54. The third-order valence-corrected chi connectivity index (χ3v) is 5.14. The Hall–Kier alpha value is -4.06. The van der Waals surface area contributed by atoms with Gasteiger partial charge in [0.05, 0.1) is 28.8 Å². The maximum absolute atomic E-state index is 13.2. The molecule has 1 aliphatic rings. The molecular formula is C22H15F3N4O2. The number of imidazole rings is 1. The second kappa shape index (κ2) is 7.32. The Bertz CT molecular complexity index is 1240. The van der Waals surface area contributed by atoms with Gasteiger partial charge in [0.1, 0.15) is 0 Å². The van der Waals surface area contributed by atoms with E-state index in [0.717, 1.165) is 12.1 Å². The number of aliphatic carboxylic acids is 1. The van der Waals surface area contributed by atoms with Gasteiger partial charge in [-0.2, -0.15) is 18.4 Å². The zero-order chi connectivity index (χ0) is 22.3. The number of hydrogen-bond donors (Lipinski definition) is 1. The Morgan fingerprint density at radius 2 is 1.90 bits per heavy atom. The lowest BCUT2D eigenvalue weighted by Gasteiger charge is -2.36. The molecule has 0 unspecified atom stereocenters. The van der Waals surface area contributed by atoms with Gasteiger partial charge >= 0.3 is 12.1 Å². The molecule has 156 valence electrons. The van der Waals surface area contributed by atoms with E-state index in [1.807, 2.05) is 6.07 Å². The molecule has 1 aromatic heterocycles. The number of carboxylic acid groups (broad SMARTS) is 1. The van der Waals surface area contributed by atoms with Crippen LogP contribution in [0.25, 0.3) is 0 Å². The summed E-state index contributed by atoms with van der Waals surface area (Å²) in [5.41, 5.74) is 0.582. The maximum atomic E-state index is 13.2. The van der Waals surface area contributed by atoms with Crippen LogP contribution in [-0.2, 0) is 11.0 Å². The summed E-state index contributed by atoms with van der Waals surface area (Å²) in [6.07, 6.45) is -1.50. The van der Waals surface area contributed by atoms with Gasteiger partial charge in [0.2, 0.25) is 5.95 Å². The molecule has 6 nitrogen and oxygen atoms in total. The standard InChI is InChI=1S/C22H15F3N4O2/c1-13-18(20(30)31)19(15-7-5-14(12-26)6-8-15)28-10-9-27-21(28)29(13)17-4-2-3-16(11-17)22(23,24)25/h2-11,19H,1H3,(H,30,31)/t19-/m1/s1. The lowest BCUT2D eigenvalue weighted by molar-refractivity contribution is -0.137. The van der Waals surface area contributed by atoms with E-state index < -0.39 is 23.8 Å². The Morgan fingerprint density at radius 1 is 1.19 bits per heavy atom. The van der Waals surface area contributed by atoms with Crippen molar-refractivity contribution in [3.63, 3.8) is 0 Å². The van der Waals surface area contributed by atoms with Gasteiger partial charge in [0.25, 0.3) is 0 Å². The topological polar surface area (TPSA) is 82.1 Å².